The van der Waals surface area contributed by atoms with Crippen molar-refractivity contribution in [2.45, 2.75) is 31.8 Å². The Kier molecular flexibility index (Phi) is 6.56. The summed E-state index contributed by atoms with van der Waals surface area (Å²) in [5.74, 6) is -0.0246. The summed E-state index contributed by atoms with van der Waals surface area (Å²) in [6.07, 6.45) is 4.96. The fourth-order valence-corrected chi connectivity index (χ4v) is 4.57. The summed E-state index contributed by atoms with van der Waals surface area (Å²) in [7, 11) is 0. The fourth-order valence-electron chi connectivity index (χ4n) is 4.57. The molecule has 5 rings (SSSR count). The number of nitrogens with one attached hydrogen (secondary N) is 1. The van der Waals surface area contributed by atoms with Gasteiger partial charge < -0.3 is 29.4 Å². The second kappa shape index (κ2) is 10.1. The molecule has 1 amide bonds. The van der Waals surface area contributed by atoms with E-state index in [0.717, 1.165) is 22.7 Å². The summed E-state index contributed by atoms with van der Waals surface area (Å²) in [6, 6.07) is 14.8. The van der Waals surface area contributed by atoms with Crippen LogP contribution in [0.5, 0.6) is 11.5 Å². The highest BCUT2D eigenvalue weighted by Crippen LogP contribution is 2.36. The molecule has 0 bridgehead atoms. The highest BCUT2D eigenvalue weighted by molar-refractivity contribution is 5.85. The van der Waals surface area contributed by atoms with E-state index in [-0.39, 0.29) is 25.0 Å². The summed E-state index contributed by atoms with van der Waals surface area (Å²) in [5.41, 5.74) is 2.79. The maximum atomic E-state index is 12.9. The Morgan fingerprint density at radius 1 is 1.09 bits per heavy atom. The first-order valence-electron chi connectivity index (χ1n) is 11.8. The number of ether oxygens (including phenoxy) is 2. The van der Waals surface area contributed by atoms with E-state index in [1.54, 1.807) is 6.33 Å². The molecule has 1 fully saturated rings. The lowest BCUT2D eigenvalue weighted by Crippen LogP contribution is -2.47. The van der Waals surface area contributed by atoms with E-state index in [4.69, 9.17) is 9.47 Å². The molecule has 1 aromatic heterocycles. The summed E-state index contributed by atoms with van der Waals surface area (Å²) < 4.78 is 12.7. The van der Waals surface area contributed by atoms with E-state index in [2.05, 4.69) is 15.2 Å². The van der Waals surface area contributed by atoms with Crippen LogP contribution in [0.1, 0.15) is 24.1 Å². The molecule has 2 aliphatic heterocycles. The number of amides is 1. The van der Waals surface area contributed by atoms with E-state index < -0.39 is 12.0 Å². The number of carboxylic acids is 1. The number of piperidine rings is 1. The maximum Gasteiger partial charge on any atom is 0.326 e. The molecule has 0 unspecified atom stereocenters. The van der Waals surface area contributed by atoms with E-state index in [0.29, 0.717) is 38.2 Å². The molecule has 9 nitrogen and oxygen atoms in total. The molecule has 35 heavy (non-hydrogen) atoms. The Bertz CT molecular complexity index is 1190. The minimum absolute atomic E-state index is 0.138. The number of carboxylic acid groups (broad SMARTS) is 1. The first-order chi connectivity index (χ1) is 17.0. The van der Waals surface area contributed by atoms with Crippen molar-refractivity contribution in [2.75, 3.05) is 24.8 Å². The molecule has 0 spiro atoms. The number of hydrogen-bond acceptors (Lipinski definition) is 6. The number of hydrogen-bond donors (Lipinski definition) is 2. The summed E-state index contributed by atoms with van der Waals surface area (Å²) in [4.78, 5) is 31.3. The van der Waals surface area contributed by atoms with Crippen LogP contribution in [0, 0.1) is 5.92 Å². The molecule has 2 aliphatic rings. The van der Waals surface area contributed by atoms with Crippen LogP contribution < -0.4 is 19.7 Å². The van der Waals surface area contributed by atoms with Crippen molar-refractivity contribution in [3.8, 4) is 11.5 Å². The molecule has 3 heterocycles. The third-order valence-corrected chi connectivity index (χ3v) is 6.51. The van der Waals surface area contributed by atoms with Crippen molar-refractivity contribution in [3.05, 3.63) is 72.3 Å². The van der Waals surface area contributed by atoms with Crippen molar-refractivity contribution in [2.24, 2.45) is 5.92 Å². The van der Waals surface area contributed by atoms with Crippen molar-refractivity contribution in [1.29, 1.82) is 0 Å². The first-order valence-corrected chi connectivity index (χ1v) is 11.8. The fraction of sp³-hybridized carbons (Fsp3) is 0.346. The number of imidazole rings is 1. The Balaban J connectivity index is 1.14. The van der Waals surface area contributed by atoms with Gasteiger partial charge in [0.05, 0.1) is 12.0 Å². The van der Waals surface area contributed by atoms with Gasteiger partial charge in [0.25, 0.3) is 0 Å². The number of rotatable bonds is 8. The molecule has 1 saturated heterocycles. The molecule has 182 valence electrons. The second-order valence-electron chi connectivity index (χ2n) is 8.93. The largest absolute Gasteiger partial charge is 0.480 e. The SMILES string of the molecule is O=C(N[C@@H](Cc1cn(Cc2ccccc2)cn1)C(=O)O)C1CCN(c2ccc3c(c2)OCO3)CC1. The van der Waals surface area contributed by atoms with E-state index >= 15 is 0 Å². The topological polar surface area (TPSA) is 106 Å². The van der Waals surface area contributed by atoms with Crippen molar-refractivity contribution < 1.29 is 24.2 Å². The maximum absolute atomic E-state index is 12.9. The normalized spacial score (nSPS) is 16.2. The highest BCUT2D eigenvalue weighted by atomic mass is 16.7. The molecule has 0 saturated carbocycles. The summed E-state index contributed by atoms with van der Waals surface area (Å²) in [6.45, 7) is 2.30. The standard InChI is InChI=1S/C26H28N4O5/c31-25(19-8-10-30(11-9-19)21-6-7-23-24(13-21)35-17-34-23)28-22(26(32)33)12-20-15-29(16-27-20)14-18-4-2-1-3-5-18/h1-7,13,15-16,19,22H,8-12,14,17H2,(H,28,31)(H,32,33)/t22-/m0/s1. The van der Waals surface area contributed by atoms with Crippen LogP contribution in [-0.2, 0) is 22.6 Å². The molecule has 0 radical (unpaired) electrons. The van der Waals surface area contributed by atoms with Crippen LogP contribution in [0.2, 0.25) is 0 Å². The van der Waals surface area contributed by atoms with Gasteiger partial charge in [-0.1, -0.05) is 30.3 Å². The van der Waals surface area contributed by atoms with Crippen LogP contribution in [0.3, 0.4) is 0 Å². The molecule has 0 aliphatic carbocycles. The first kappa shape index (κ1) is 22.8. The Labute approximate surface area is 203 Å². The van der Waals surface area contributed by atoms with E-state index in [9.17, 15) is 14.7 Å². The minimum atomic E-state index is -1.06. The lowest BCUT2D eigenvalue weighted by Gasteiger charge is -2.33. The Hall–Kier alpha value is -4.01. The highest BCUT2D eigenvalue weighted by Gasteiger charge is 2.29. The monoisotopic (exact) mass is 476 g/mol. The van der Waals surface area contributed by atoms with Crippen molar-refractivity contribution in [3.63, 3.8) is 0 Å². The quantitative estimate of drug-likeness (QED) is 0.515. The van der Waals surface area contributed by atoms with Gasteiger partial charge >= 0.3 is 5.97 Å². The van der Waals surface area contributed by atoms with Gasteiger partial charge in [-0.3, -0.25) is 4.79 Å². The van der Waals surface area contributed by atoms with Gasteiger partial charge in [0.2, 0.25) is 12.7 Å². The average Bonchev–Trinajstić information content (AvgIpc) is 3.53. The smallest absolute Gasteiger partial charge is 0.326 e. The summed E-state index contributed by atoms with van der Waals surface area (Å²) in [5, 5.41) is 12.5. The number of anilines is 1. The van der Waals surface area contributed by atoms with Gasteiger partial charge in [-0.15, -0.1) is 0 Å². The van der Waals surface area contributed by atoms with Crippen LogP contribution in [0.15, 0.2) is 61.1 Å². The lowest BCUT2D eigenvalue weighted by molar-refractivity contribution is -0.142. The van der Waals surface area contributed by atoms with E-state index in [1.807, 2.05) is 59.3 Å². The summed E-state index contributed by atoms with van der Waals surface area (Å²) >= 11 is 0. The van der Waals surface area contributed by atoms with E-state index in [1.165, 1.54) is 0 Å². The predicted molar refractivity (Wildman–Crippen MR) is 129 cm³/mol. The molecule has 3 aromatic rings. The van der Waals surface area contributed by atoms with Gasteiger partial charge in [0.15, 0.2) is 11.5 Å². The minimum Gasteiger partial charge on any atom is -0.480 e. The number of nitrogens with zero attached hydrogens (tertiary/aromatic N) is 3. The molecular formula is C26H28N4O5. The number of aromatic nitrogens is 2. The van der Waals surface area contributed by atoms with Crippen LogP contribution in [0.25, 0.3) is 0 Å². The third-order valence-electron chi connectivity index (χ3n) is 6.51. The zero-order chi connectivity index (χ0) is 24.2. The van der Waals surface area contributed by atoms with Crippen LogP contribution in [0.4, 0.5) is 5.69 Å². The number of benzene rings is 2. The Morgan fingerprint density at radius 2 is 1.86 bits per heavy atom. The zero-order valence-electron chi connectivity index (χ0n) is 19.3. The molecular weight excluding hydrogens is 448 g/mol. The van der Waals surface area contributed by atoms with Crippen LogP contribution in [-0.4, -0.2) is 52.5 Å². The number of carbonyl (C=O) groups excluding carboxylic acids is 1. The lowest BCUT2D eigenvalue weighted by atomic mass is 9.95. The van der Waals surface area contributed by atoms with Crippen LogP contribution >= 0.6 is 0 Å². The second-order valence-corrected chi connectivity index (χ2v) is 8.93. The number of aliphatic carboxylic acids is 1. The Morgan fingerprint density at radius 3 is 2.63 bits per heavy atom. The average molecular weight is 477 g/mol. The predicted octanol–water partition coefficient (Wildman–Crippen LogP) is 2.69. The molecule has 9 heteroatoms. The van der Waals surface area contributed by atoms with Gasteiger partial charge in [-0.05, 0) is 30.5 Å². The zero-order valence-corrected chi connectivity index (χ0v) is 19.3. The van der Waals surface area contributed by atoms with Gasteiger partial charge in [0, 0.05) is 49.9 Å². The van der Waals surface area contributed by atoms with Gasteiger partial charge in [-0.2, -0.15) is 0 Å². The molecule has 2 N–H and O–H groups in total. The molecule has 1 atom stereocenters. The van der Waals surface area contributed by atoms with Crippen molar-refractivity contribution in [1.82, 2.24) is 14.9 Å². The number of fused-ring (bicyclic) bond motifs is 1. The van der Waals surface area contributed by atoms with Gasteiger partial charge in [-0.25, -0.2) is 9.78 Å². The molecule has 2 aromatic carbocycles. The third kappa shape index (κ3) is 5.40. The van der Waals surface area contributed by atoms with Crippen molar-refractivity contribution >= 4 is 17.6 Å². The number of carbonyl (C=O) groups is 2. The van der Waals surface area contributed by atoms with Gasteiger partial charge in [0.1, 0.15) is 6.04 Å².